The first-order valence-electron chi connectivity index (χ1n) is 9.42. The van der Waals surface area contributed by atoms with Gasteiger partial charge in [0.15, 0.2) is 11.5 Å². The molecule has 1 aromatic heterocycles. The largest absolute Gasteiger partial charge is 0.497 e. The van der Waals surface area contributed by atoms with Gasteiger partial charge in [0.1, 0.15) is 11.5 Å². The minimum atomic E-state index is -0.471. The Balaban J connectivity index is 1.68. The molecule has 0 fully saturated rings. The molecular weight excluding hydrogens is 420 g/mol. The minimum Gasteiger partial charge on any atom is -0.497 e. The SMILES string of the molecule is COc1ccc(NC(=O)NCc2nc(-c3cc(OC)c(OC)c(OC)c3)no2)c(OC)c1. The normalized spacial score (nSPS) is 10.3. The Morgan fingerprint density at radius 1 is 0.906 bits per heavy atom. The van der Waals surface area contributed by atoms with Gasteiger partial charge in [-0.1, -0.05) is 5.16 Å². The van der Waals surface area contributed by atoms with Crippen LogP contribution in [0.1, 0.15) is 5.89 Å². The molecule has 3 rings (SSSR count). The molecule has 11 heteroatoms. The van der Waals surface area contributed by atoms with Crippen LogP contribution in [-0.4, -0.2) is 51.7 Å². The molecule has 0 aliphatic carbocycles. The van der Waals surface area contributed by atoms with E-state index in [0.717, 1.165) is 0 Å². The summed E-state index contributed by atoms with van der Waals surface area (Å²) < 4.78 is 31.6. The van der Waals surface area contributed by atoms with Crippen LogP contribution in [0.2, 0.25) is 0 Å². The van der Waals surface area contributed by atoms with Crippen LogP contribution in [0, 0.1) is 0 Å². The van der Waals surface area contributed by atoms with Crippen molar-refractivity contribution in [3.05, 3.63) is 36.2 Å². The summed E-state index contributed by atoms with van der Waals surface area (Å²) in [5, 5.41) is 9.31. The summed E-state index contributed by atoms with van der Waals surface area (Å²) in [5.74, 6) is 2.96. The van der Waals surface area contributed by atoms with E-state index in [0.29, 0.717) is 45.8 Å². The van der Waals surface area contributed by atoms with Gasteiger partial charge in [-0.25, -0.2) is 4.79 Å². The number of urea groups is 1. The zero-order valence-corrected chi connectivity index (χ0v) is 18.3. The summed E-state index contributed by atoms with van der Waals surface area (Å²) >= 11 is 0. The number of hydrogen-bond acceptors (Lipinski definition) is 9. The van der Waals surface area contributed by atoms with Crippen LogP contribution in [0.25, 0.3) is 11.4 Å². The van der Waals surface area contributed by atoms with Gasteiger partial charge in [-0.15, -0.1) is 0 Å². The summed E-state index contributed by atoms with van der Waals surface area (Å²) in [5.41, 5.74) is 1.08. The molecule has 3 aromatic rings. The van der Waals surface area contributed by atoms with Crippen molar-refractivity contribution in [3.63, 3.8) is 0 Å². The third-order valence-corrected chi connectivity index (χ3v) is 4.45. The molecule has 32 heavy (non-hydrogen) atoms. The maximum atomic E-state index is 12.3. The summed E-state index contributed by atoms with van der Waals surface area (Å²) in [7, 11) is 7.60. The highest BCUT2D eigenvalue weighted by Crippen LogP contribution is 2.40. The Kier molecular flexibility index (Phi) is 7.21. The summed E-state index contributed by atoms with van der Waals surface area (Å²) in [6, 6.07) is 7.97. The first kappa shape index (κ1) is 22.5. The van der Waals surface area contributed by atoms with Crippen LogP contribution in [0.5, 0.6) is 28.7 Å². The molecular formula is C21H24N4O7. The van der Waals surface area contributed by atoms with Gasteiger partial charge in [0, 0.05) is 11.6 Å². The number of rotatable bonds is 9. The predicted molar refractivity (Wildman–Crippen MR) is 115 cm³/mol. The molecule has 2 N–H and O–H groups in total. The minimum absolute atomic E-state index is 0.0156. The van der Waals surface area contributed by atoms with E-state index < -0.39 is 6.03 Å². The fraction of sp³-hybridized carbons (Fsp3) is 0.286. The van der Waals surface area contributed by atoms with E-state index in [4.69, 9.17) is 28.2 Å². The maximum absolute atomic E-state index is 12.3. The Hall–Kier alpha value is -4.15. The van der Waals surface area contributed by atoms with E-state index in [1.807, 2.05) is 0 Å². The lowest BCUT2D eigenvalue weighted by atomic mass is 10.1. The molecule has 0 radical (unpaired) electrons. The second-order valence-corrected chi connectivity index (χ2v) is 6.30. The average Bonchev–Trinajstić information content (AvgIpc) is 3.31. The molecule has 11 nitrogen and oxygen atoms in total. The van der Waals surface area contributed by atoms with Crippen LogP contribution in [0.3, 0.4) is 0 Å². The lowest BCUT2D eigenvalue weighted by molar-refractivity contribution is 0.249. The van der Waals surface area contributed by atoms with Crippen molar-refractivity contribution in [3.8, 4) is 40.1 Å². The Morgan fingerprint density at radius 3 is 2.19 bits per heavy atom. The van der Waals surface area contributed by atoms with Crippen molar-refractivity contribution in [1.29, 1.82) is 0 Å². The molecule has 0 bridgehead atoms. The summed E-state index contributed by atoms with van der Waals surface area (Å²) in [4.78, 5) is 16.6. The monoisotopic (exact) mass is 444 g/mol. The van der Waals surface area contributed by atoms with Crippen molar-refractivity contribution in [2.75, 3.05) is 40.9 Å². The third-order valence-electron chi connectivity index (χ3n) is 4.45. The molecule has 0 atom stereocenters. The number of carbonyl (C=O) groups excluding carboxylic acids is 1. The second-order valence-electron chi connectivity index (χ2n) is 6.30. The second kappa shape index (κ2) is 10.2. The van der Waals surface area contributed by atoms with Crippen molar-refractivity contribution in [1.82, 2.24) is 15.5 Å². The van der Waals surface area contributed by atoms with Gasteiger partial charge in [-0.3, -0.25) is 0 Å². The number of nitrogens with one attached hydrogen (secondary N) is 2. The smallest absolute Gasteiger partial charge is 0.319 e. The van der Waals surface area contributed by atoms with Crippen LogP contribution in [0.15, 0.2) is 34.9 Å². The molecule has 0 saturated carbocycles. The molecule has 170 valence electrons. The zero-order chi connectivity index (χ0) is 23.1. The highest BCUT2D eigenvalue weighted by atomic mass is 16.5. The molecule has 0 aliphatic rings. The number of methoxy groups -OCH3 is 5. The van der Waals surface area contributed by atoms with E-state index in [9.17, 15) is 4.79 Å². The molecule has 1 heterocycles. The number of hydrogen-bond donors (Lipinski definition) is 2. The van der Waals surface area contributed by atoms with Gasteiger partial charge in [0.2, 0.25) is 17.5 Å². The molecule has 0 unspecified atom stereocenters. The number of aromatic nitrogens is 2. The van der Waals surface area contributed by atoms with E-state index >= 15 is 0 Å². The molecule has 2 aromatic carbocycles. The fourth-order valence-corrected chi connectivity index (χ4v) is 2.88. The Labute approximate surface area is 184 Å². The van der Waals surface area contributed by atoms with Crippen LogP contribution in [0.4, 0.5) is 10.5 Å². The zero-order valence-electron chi connectivity index (χ0n) is 18.3. The van der Waals surface area contributed by atoms with Gasteiger partial charge < -0.3 is 38.8 Å². The molecule has 0 spiro atoms. The number of ether oxygens (including phenoxy) is 5. The Bertz CT molecular complexity index is 1060. The average molecular weight is 444 g/mol. The van der Waals surface area contributed by atoms with Crippen molar-refractivity contribution < 1.29 is 33.0 Å². The van der Waals surface area contributed by atoms with Crippen LogP contribution < -0.4 is 34.3 Å². The van der Waals surface area contributed by atoms with Crippen LogP contribution >= 0.6 is 0 Å². The van der Waals surface area contributed by atoms with Crippen molar-refractivity contribution in [2.45, 2.75) is 6.54 Å². The maximum Gasteiger partial charge on any atom is 0.319 e. The quantitative estimate of drug-likeness (QED) is 0.512. The highest BCUT2D eigenvalue weighted by molar-refractivity contribution is 5.91. The standard InChI is InChI=1S/C21H24N4O7/c1-27-13-6-7-14(15(10-13)28-2)23-21(26)22-11-18-24-20(25-32-18)12-8-16(29-3)19(31-5)17(9-12)30-4/h6-10H,11H2,1-5H3,(H2,22,23,26). The lowest BCUT2D eigenvalue weighted by Gasteiger charge is -2.12. The van der Waals surface area contributed by atoms with E-state index in [1.165, 1.54) is 28.4 Å². The predicted octanol–water partition coefficient (Wildman–Crippen LogP) is 3.10. The lowest BCUT2D eigenvalue weighted by Crippen LogP contribution is -2.28. The number of amides is 2. The first-order valence-corrected chi connectivity index (χ1v) is 9.42. The van der Waals surface area contributed by atoms with E-state index in [2.05, 4.69) is 20.8 Å². The number of nitrogens with zero attached hydrogens (tertiary/aromatic N) is 2. The summed E-state index contributed by atoms with van der Waals surface area (Å²) in [6.45, 7) is 0.0156. The molecule has 0 saturated heterocycles. The number of carbonyl (C=O) groups is 1. The van der Waals surface area contributed by atoms with Crippen molar-refractivity contribution >= 4 is 11.7 Å². The Morgan fingerprint density at radius 2 is 1.59 bits per heavy atom. The first-order chi connectivity index (χ1) is 15.5. The third kappa shape index (κ3) is 4.94. The highest BCUT2D eigenvalue weighted by Gasteiger charge is 2.18. The van der Waals surface area contributed by atoms with Gasteiger partial charge in [0.25, 0.3) is 0 Å². The molecule has 2 amide bonds. The number of anilines is 1. The van der Waals surface area contributed by atoms with E-state index in [1.54, 1.807) is 37.4 Å². The molecule has 0 aliphatic heterocycles. The van der Waals surface area contributed by atoms with Crippen LogP contribution in [-0.2, 0) is 6.54 Å². The van der Waals surface area contributed by atoms with Gasteiger partial charge in [0.05, 0.1) is 47.8 Å². The van der Waals surface area contributed by atoms with Gasteiger partial charge in [-0.2, -0.15) is 4.98 Å². The fourth-order valence-electron chi connectivity index (χ4n) is 2.88. The number of benzene rings is 2. The topological polar surface area (TPSA) is 126 Å². The van der Waals surface area contributed by atoms with E-state index in [-0.39, 0.29) is 12.4 Å². The van der Waals surface area contributed by atoms with Crippen molar-refractivity contribution in [2.24, 2.45) is 0 Å². The van der Waals surface area contributed by atoms with Gasteiger partial charge in [-0.05, 0) is 24.3 Å². The summed E-state index contributed by atoms with van der Waals surface area (Å²) in [6.07, 6.45) is 0. The van der Waals surface area contributed by atoms with Gasteiger partial charge >= 0.3 is 6.03 Å².